The maximum Gasteiger partial charge on any atom is 0.223 e. The molecule has 92 valence electrons. The van der Waals surface area contributed by atoms with Gasteiger partial charge in [0.15, 0.2) is 0 Å². The summed E-state index contributed by atoms with van der Waals surface area (Å²) in [6.45, 7) is 5.55. The van der Waals surface area contributed by atoms with E-state index < -0.39 is 0 Å². The Morgan fingerprint density at radius 3 is 2.75 bits per heavy atom. The van der Waals surface area contributed by atoms with Crippen LogP contribution in [0.25, 0.3) is 0 Å². The summed E-state index contributed by atoms with van der Waals surface area (Å²) < 4.78 is 5.34. The molecule has 0 N–H and O–H groups in total. The summed E-state index contributed by atoms with van der Waals surface area (Å²) in [7, 11) is 0. The highest BCUT2D eigenvalue weighted by molar-refractivity contribution is 9.09. The van der Waals surface area contributed by atoms with Crippen molar-refractivity contribution in [1.82, 2.24) is 9.80 Å². The Hall–Kier alpha value is -0.130. The van der Waals surface area contributed by atoms with Gasteiger partial charge in [0.05, 0.1) is 13.2 Å². The second-order valence-corrected chi connectivity index (χ2v) is 5.16. The first-order valence-electron chi connectivity index (χ1n) is 5.97. The van der Waals surface area contributed by atoms with Gasteiger partial charge in [0.25, 0.3) is 0 Å². The summed E-state index contributed by atoms with van der Waals surface area (Å²) in [5, 5.41) is 0.768. The number of hydrogen-bond donors (Lipinski definition) is 0. The summed E-state index contributed by atoms with van der Waals surface area (Å²) in [6.07, 6.45) is 1.74. The molecular formula is C11H19BrN2O2. The van der Waals surface area contributed by atoms with Gasteiger partial charge in [-0.2, -0.15) is 0 Å². The molecule has 5 heteroatoms. The molecule has 1 amide bonds. The van der Waals surface area contributed by atoms with Gasteiger partial charge >= 0.3 is 0 Å². The van der Waals surface area contributed by atoms with E-state index in [1.165, 1.54) is 0 Å². The second kappa shape index (κ2) is 5.98. The summed E-state index contributed by atoms with van der Waals surface area (Å²) in [5.74, 6) is 0.285. The van der Waals surface area contributed by atoms with Crippen LogP contribution in [-0.2, 0) is 9.53 Å². The first-order valence-corrected chi connectivity index (χ1v) is 7.09. The lowest BCUT2D eigenvalue weighted by Gasteiger charge is -2.32. The average molecular weight is 291 g/mol. The quantitative estimate of drug-likeness (QED) is 0.718. The van der Waals surface area contributed by atoms with Crippen LogP contribution < -0.4 is 0 Å². The molecule has 0 aromatic heterocycles. The number of hydrogen-bond acceptors (Lipinski definition) is 3. The fourth-order valence-corrected chi connectivity index (χ4v) is 2.79. The van der Waals surface area contributed by atoms with Gasteiger partial charge < -0.3 is 9.64 Å². The van der Waals surface area contributed by atoms with E-state index >= 15 is 0 Å². The molecule has 0 bridgehead atoms. The predicted octanol–water partition coefficient (Wildman–Crippen LogP) is 0.705. The van der Waals surface area contributed by atoms with E-state index in [0.29, 0.717) is 12.5 Å². The minimum Gasteiger partial charge on any atom is -0.379 e. The molecule has 2 aliphatic rings. The van der Waals surface area contributed by atoms with Gasteiger partial charge in [-0.3, -0.25) is 9.69 Å². The van der Waals surface area contributed by atoms with Crippen LogP contribution >= 0.6 is 15.9 Å². The van der Waals surface area contributed by atoms with Crippen molar-refractivity contribution in [3.63, 3.8) is 0 Å². The molecule has 0 aliphatic carbocycles. The number of amides is 1. The number of carbonyl (C=O) groups is 1. The smallest absolute Gasteiger partial charge is 0.223 e. The van der Waals surface area contributed by atoms with Gasteiger partial charge in [-0.05, 0) is 6.42 Å². The maximum absolute atomic E-state index is 11.7. The monoisotopic (exact) mass is 290 g/mol. The van der Waals surface area contributed by atoms with Gasteiger partial charge in [0, 0.05) is 44.0 Å². The van der Waals surface area contributed by atoms with E-state index in [-0.39, 0.29) is 5.91 Å². The summed E-state index contributed by atoms with van der Waals surface area (Å²) >= 11 is 3.31. The average Bonchev–Trinajstić information content (AvgIpc) is 2.80. The third-order valence-corrected chi connectivity index (χ3v) is 3.78. The van der Waals surface area contributed by atoms with Crippen LogP contribution in [0.4, 0.5) is 0 Å². The molecule has 0 aromatic rings. The van der Waals surface area contributed by atoms with Crippen molar-refractivity contribution in [3.8, 4) is 0 Å². The molecule has 0 spiro atoms. The Balaban J connectivity index is 1.80. The van der Waals surface area contributed by atoms with E-state index in [2.05, 4.69) is 20.8 Å². The summed E-state index contributed by atoms with van der Waals surface area (Å²) in [5.41, 5.74) is 0. The number of rotatable bonds is 3. The molecule has 2 fully saturated rings. The lowest BCUT2D eigenvalue weighted by atomic mass is 10.2. The zero-order valence-electron chi connectivity index (χ0n) is 9.53. The first kappa shape index (κ1) is 12.3. The SMILES string of the molecule is O=C(CCBr)N1CCC(N2CCOCC2)C1. The van der Waals surface area contributed by atoms with E-state index in [9.17, 15) is 4.79 Å². The molecule has 2 saturated heterocycles. The van der Waals surface area contributed by atoms with Crippen LogP contribution in [0.2, 0.25) is 0 Å². The number of carbonyl (C=O) groups excluding carboxylic acids is 1. The number of halogens is 1. The molecule has 1 unspecified atom stereocenters. The van der Waals surface area contributed by atoms with Crippen LogP contribution in [-0.4, -0.2) is 66.5 Å². The van der Waals surface area contributed by atoms with Crippen LogP contribution in [0.3, 0.4) is 0 Å². The molecule has 2 heterocycles. The number of nitrogens with zero attached hydrogens (tertiary/aromatic N) is 2. The molecule has 0 saturated carbocycles. The van der Waals surface area contributed by atoms with E-state index in [4.69, 9.17) is 4.74 Å². The Kier molecular flexibility index (Phi) is 4.61. The molecule has 4 nitrogen and oxygen atoms in total. The zero-order chi connectivity index (χ0) is 11.4. The molecule has 2 rings (SSSR count). The highest BCUT2D eigenvalue weighted by Gasteiger charge is 2.30. The van der Waals surface area contributed by atoms with Crippen molar-refractivity contribution in [2.24, 2.45) is 0 Å². The van der Waals surface area contributed by atoms with Gasteiger partial charge in [0.1, 0.15) is 0 Å². The Morgan fingerprint density at radius 2 is 2.06 bits per heavy atom. The standard InChI is InChI=1S/C11H19BrN2O2/c12-3-1-11(15)14-4-2-10(9-14)13-5-7-16-8-6-13/h10H,1-9H2. The van der Waals surface area contributed by atoms with Crippen molar-refractivity contribution in [2.75, 3.05) is 44.7 Å². The molecule has 2 aliphatic heterocycles. The number of morpholine rings is 1. The van der Waals surface area contributed by atoms with Gasteiger partial charge in [-0.15, -0.1) is 0 Å². The van der Waals surface area contributed by atoms with Crippen LogP contribution in [0, 0.1) is 0 Å². The van der Waals surface area contributed by atoms with Crippen molar-refractivity contribution in [2.45, 2.75) is 18.9 Å². The predicted molar refractivity (Wildman–Crippen MR) is 65.8 cm³/mol. The lowest BCUT2D eigenvalue weighted by molar-refractivity contribution is -0.129. The third kappa shape index (κ3) is 2.96. The van der Waals surface area contributed by atoms with Crippen LogP contribution in [0.15, 0.2) is 0 Å². The van der Waals surface area contributed by atoms with Crippen molar-refractivity contribution in [3.05, 3.63) is 0 Å². The van der Waals surface area contributed by atoms with E-state index in [1.807, 2.05) is 4.90 Å². The largest absolute Gasteiger partial charge is 0.379 e. The molecular weight excluding hydrogens is 272 g/mol. The van der Waals surface area contributed by atoms with E-state index in [1.54, 1.807) is 0 Å². The van der Waals surface area contributed by atoms with E-state index in [0.717, 1.165) is 51.1 Å². The van der Waals surface area contributed by atoms with Gasteiger partial charge in [-0.1, -0.05) is 15.9 Å². The van der Waals surface area contributed by atoms with Gasteiger partial charge in [0.2, 0.25) is 5.91 Å². The zero-order valence-corrected chi connectivity index (χ0v) is 11.1. The number of ether oxygens (including phenoxy) is 1. The fourth-order valence-electron chi connectivity index (χ4n) is 2.45. The Morgan fingerprint density at radius 1 is 1.31 bits per heavy atom. The lowest BCUT2D eigenvalue weighted by Crippen LogP contribution is -2.45. The highest BCUT2D eigenvalue weighted by atomic mass is 79.9. The summed E-state index contributed by atoms with van der Waals surface area (Å²) in [4.78, 5) is 16.2. The minimum absolute atomic E-state index is 0.285. The molecule has 0 radical (unpaired) electrons. The normalized spacial score (nSPS) is 27.3. The first-order chi connectivity index (χ1) is 7.81. The Bertz CT molecular complexity index is 244. The topological polar surface area (TPSA) is 32.8 Å². The van der Waals surface area contributed by atoms with Crippen molar-refractivity contribution < 1.29 is 9.53 Å². The second-order valence-electron chi connectivity index (χ2n) is 4.37. The minimum atomic E-state index is 0.285. The molecule has 1 atom stereocenters. The number of likely N-dealkylation sites (tertiary alicyclic amines) is 1. The molecule has 16 heavy (non-hydrogen) atoms. The van der Waals surface area contributed by atoms with Crippen molar-refractivity contribution in [1.29, 1.82) is 0 Å². The summed E-state index contributed by atoms with van der Waals surface area (Å²) in [6, 6.07) is 0.558. The maximum atomic E-state index is 11.7. The third-order valence-electron chi connectivity index (χ3n) is 3.39. The van der Waals surface area contributed by atoms with Crippen molar-refractivity contribution >= 4 is 21.8 Å². The fraction of sp³-hybridized carbons (Fsp3) is 0.909. The van der Waals surface area contributed by atoms with Crippen LogP contribution in [0.5, 0.6) is 0 Å². The van der Waals surface area contributed by atoms with Gasteiger partial charge in [-0.25, -0.2) is 0 Å². The molecule has 0 aromatic carbocycles. The van der Waals surface area contributed by atoms with Crippen LogP contribution in [0.1, 0.15) is 12.8 Å². The highest BCUT2D eigenvalue weighted by Crippen LogP contribution is 2.17. The Labute approximate surface area is 105 Å². The number of alkyl halides is 1.